The molecule has 0 bridgehead atoms. The molecule has 1 aliphatic rings. The van der Waals surface area contributed by atoms with E-state index in [0.717, 1.165) is 29.1 Å². The Morgan fingerprint density at radius 3 is 2.48 bits per heavy atom. The van der Waals surface area contributed by atoms with E-state index in [1.807, 2.05) is 30.1 Å². The molecule has 0 atom stereocenters. The number of sulfonamides is 1. The Morgan fingerprint density at radius 1 is 1.00 bits per heavy atom. The first-order valence-corrected chi connectivity index (χ1v) is 11.5. The minimum atomic E-state index is -3.60. The zero-order valence-corrected chi connectivity index (χ0v) is 17.5. The summed E-state index contributed by atoms with van der Waals surface area (Å²) in [5.74, 6) is -0.0669. The zero-order chi connectivity index (χ0) is 20.4. The summed E-state index contributed by atoms with van der Waals surface area (Å²) in [6.07, 6.45) is 0. The van der Waals surface area contributed by atoms with E-state index in [1.165, 1.54) is 0 Å². The molecule has 0 radical (unpaired) electrons. The molecule has 150 valence electrons. The summed E-state index contributed by atoms with van der Waals surface area (Å²) >= 11 is 1.16. The van der Waals surface area contributed by atoms with E-state index in [-0.39, 0.29) is 10.1 Å². The van der Waals surface area contributed by atoms with Gasteiger partial charge < -0.3 is 9.80 Å². The third-order valence-electron chi connectivity index (χ3n) is 4.90. The second kappa shape index (κ2) is 7.88. The molecule has 0 unspecified atom stereocenters. The van der Waals surface area contributed by atoms with Gasteiger partial charge in [0.15, 0.2) is 0 Å². The number of hydrogen-bond donors (Lipinski definition) is 1. The summed E-state index contributed by atoms with van der Waals surface area (Å²) in [6.45, 7) is 1.92. The lowest BCUT2D eigenvalue weighted by Gasteiger charge is -2.21. The van der Waals surface area contributed by atoms with E-state index in [1.54, 1.807) is 41.8 Å². The fourth-order valence-electron chi connectivity index (χ4n) is 3.35. The molecule has 0 spiro atoms. The number of anilines is 2. The van der Waals surface area contributed by atoms with Gasteiger partial charge >= 0.3 is 0 Å². The number of likely N-dealkylation sites (N-methyl/N-ethyl adjacent to an activating group) is 1. The molecule has 0 fully saturated rings. The van der Waals surface area contributed by atoms with Gasteiger partial charge in [-0.25, -0.2) is 8.42 Å². The molecule has 1 aromatic heterocycles. The van der Waals surface area contributed by atoms with Crippen molar-refractivity contribution >= 4 is 38.6 Å². The monoisotopic (exact) mass is 427 g/mol. The quantitative estimate of drug-likeness (QED) is 0.690. The van der Waals surface area contributed by atoms with Crippen LogP contribution in [0.25, 0.3) is 0 Å². The third kappa shape index (κ3) is 4.13. The predicted molar refractivity (Wildman–Crippen MR) is 116 cm³/mol. The molecule has 1 aliphatic heterocycles. The highest BCUT2D eigenvalue weighted by Gasteiger charge is 2.22. The maximum absolute atomic E-state index is 13.0. The summed E-state index contributed by atoms with van der Waals surface area (Å²) in [5, 5.41) is 1.72. The summed E-state index contributed by atoms with van der Waals surface area (Å²) in [6, 6.07) is 17.9. The van der Waals surface area contributed by atoms with E-state index in [0.29, 0.717) is 24.3 Å². The smallest absolute Gasteiger partial charge is 0.271 e. The average molecular weight is 428 g/mol. The van der Waals surface area contributed by atoms with Crippen LogP contribution in [0, 0.1) is 0 Å². The number of hydrogen-bond acceptors (Lipinski definition) is 5. The second-order valence-electron chi connectivity index (χ2n) is 6.89. The Labute approximate surface area is 174 Å². The van der Waals surface area contributed by atoms with Gasteiger partial charge in [-0.3, -0.25) is 9.52 Å². The Morgan fingerprint density at radius 2 is 1.76 bits per heavy atom. The SMILES string of the molecule is CN1CCN(C(=O)c2ccc(NS(=O)(=O)c3cccs3)cc2)Cc2ccccc21. The summed E-state index contributed by atoms with van der Waals surface area (Å²) < 4.78 is 27.5. The third-order valence-corrected chi connectivity index (χ3v) is 7.68. The van der Waals surface area contributed by atoms with Crippen LogP contribution in [0.2, 0.25) is 0 Å². The Kier molecular flexibility index (Phi) is 5.29. The van der Waals surface area contributed by atoms with Crippen LogP contribution in [0.3, 0.4) is 0 Å². The minimum absolute atomic E-state index is 0.0669. The molecular formula is C21H21N3O3S2. The molecule has 6 nitrogen and oxygen atoms in total. The Hall–Kier alpha value is -2.84. The Bertz CT molecular complexity index is 1110. The van der Waals surface area contributed by atoms with Crippen molar-refractivity contribution in [3.8, 4) is 0 Å². The number of thiophene rings is 1. The number of carbonyl (C=O) groups is 1. The van der Waals surface area contributed by atoms with Crippen molar-refractivity contribution < 1.29 is 13.2 Å². The van der Waals surface area contributed by atoms with Crippen LogP contribution in [0.5, 0.6) is 0 Å². The van der Waals surface area contributed by atoms with Crippen LogP contribution in [0.1, 0.15) is 15.9 Å². The molecular weight excluding hydrogens is 406 g/mol. The first-order valence-electron chi connectivity index (χ1n) is 9.19. The zero-order valence-electron chi connectivity index (χ0n) is 15.9. The highest BCUT2D eigenvalue weighted by atomic mass is 32.2. The molecule has 29 heavy (non-hydrogen) atoms. The number of amides is 1. The number of para-hydroxylation sites is 1. The lowest BCUT2D eigenvalue weighted by Crippen LogP contribution is -2.34. The molecule has 0 saturated carbocycles. The molecule has 1 amide bonds. The summed E-state index contributed by atoms with van der Waals surface area (Å²) in [7, 11) is -1.57. The fourth-order valence-corrected chi connectivity index (χ4v) is 5.40. The summed E-state index contributed by atoms with van der Waals surface area (Å²) in [5.41, 5.74) is 3.21. The van der Waals surface area contributed by atoms with Gasteiger partial charge in [-0.2, -0.15) is 0 Å². The topological polar surface area (TPSA) is 69.7 Å². The maximum atomic E-state index is 13.0. The molecule has 8 heteroatoms. The van der Waals surface area contributed by atoms with Crippen LogP contribution in [-0.2, 0) is 16.6 Å². The minimum Gasteiger partial charge on any atom is -0.373 e. The van der Waals surface area contributed by atoms with Crippen molar-refractivity contribution in [1.82, 2.24) is 4.90 Å². The lowest BCUT2D eigenvalue weighted by atomic mass is 10.1. The van der Waals surface area contributed by atoms with E-state index < -0.39 is 10.0 Å². The first-order chi connectivity index (χ1) is 13.9. The number of rotatable bonds is 4. The van der Waals surface area contributed by atoms with Crippen molar-refractivity contribution in [3.05, 3.63) is 77.2 Å². The highest BCUT2D eigenvalue weighted by Crippen LogP contribution is 2.25. The maximum Gasteiger partial charge on any atom is 0.271 e. The number of carbonyl (C=O) groups excluding carboxylic acids is 1. The number of nitrogens with zero attached hydrogens (tertiary/aromatic N) is 2. The summed E-state index contributed by atoms with van der Waals surface area (Å²) in [4.78, 5) is 17.0. The highest BCUT2D eigenvalue weighted by molar-refractivity contribution is 7.94. The standard InChI is InChI=1S/C21H21N3O3S2/c1-23-12-13-24(15-17-5-2-3-6-19(17)23)21(25)16-8-10-18(11-9-16)22-29(26,27)20-7-4-14-28-20/h2-11,14,22H,12-13,15H2,1H3. The van der Waals surface area contributed by atoms with Crippen molar-refractivity contribution in [2.24, 2.45) is 0 Å². The van der Waals surface area contributed by atoms with Gasteiger partial charge in [-0.05, 0) is 47.3 Å². The van der Waals surface area contributed by atoms with Crippen molar-refractivity contribution in [3.63, 3.8) is 0 Å². The molecule has 3 aromatic rings. The fraction of sp³-hybridized carbons (Fsp3) is 0.190. The molecule has 2 heterocycles. The lowest BCUT2D eigenvalue weighted by molar-refractivity contribution is 0.0752. The van der Waals surface area contributed by atoms with Crippen LogP contribution in [0.15, 0.2) is 70.3 Å². The van der Waals surface area contributed by atoms with Gasteiger partial charge in [0.1, 0.15) is 4.21 Å². The van der Waals surface area contributed by atoms with Crippen molar-refractivity contribution in [2.75, 3.05) is 29.8 Å². The van der Waals surface area contributed by atoms with Gasteiger partial charge in [0, 0.05) is 43.6 Å². The van der Waals surface area contributed by atoms with Crippen LogP contribution < -0.4 is 9.62 Å². The Balaban J connectivity index is 1.50. The van der Waals surface area contributed by atoms with Gasteiger partial charge in [0.2, 0.25) is 0 Å². The number of nitrogens with one attached hydrogen (secondary N) is 1. The molecule has 0 saturated heterocycles. The van der Waals surface area contributed by atoms with Gasteiger partial charge in [-0.1, -0.05) is 24.3 Å². The van der Waals surface area contributed by atoms with Gasteiger partial charge in [0.05, 0.1) is 0 Å². The molecule has 4 rings (SSSR count). The van der Waals surface area contributed by atoms with Gasteiger partial charge in [0.25, 0.3) is 15.9 Å². The van der Waals surface area contributed by atoms with E-state index in [4.69, 9.17) is 0 Å². The van der Waals surface area contributed by atoms with Crippen molar-refractivity contribution in [2.45, 2.75) is 10.8 Å². The number of benzene rings is 2. The largest absolute Gasteiger partial charge is 0.373 e. The molecule has 2 aromatic carbocycles. The van der Waals surface area contributed by atoms with Crippen LogP contribution in [-0.4, -0.2) is 39.4 Å². The second-order valence-corrected chi connectivity index (χ2v) is 9.75. The molecule has 0 aliphatic carbocycles. The van der Waals surface area contributed by atoms with Gasteiger partial charge in [-0.15, -0.1) is 11.3 Å². The first kappa shape index (κ1) is 19.5. The van der Waals surface area contributed by atoms with E-state index in [9.17, 15) is 13.2 Å². The van der Waals surface area contributed by atoms with Crippen LogP contribution >= 0.6 is 11.3 Å². The average Bonchev–Trinajstić information content (AvgIpc) is 3.21. The van der Waals surface area contributed by atoms with Crippen LogP contribution in [0.4, 0.5) is 11.4 Å². The normalized spacial score (nSPS) is 14.2. The number of fused-ring (bicyclic) bond motifs is 1. The molecule has 1 N–H and O–H groups in total. The predicted octanol–water partition coefficient (Wildman–Crippen LogP) is 3.64. The van der Waals surface area contributed by atoms with Crippen molar-refractivity contribution in [1.29, 1.82) is 0 Å². The van der Waals surface area contributed by atoms with E-state index in [2.05, 4.69) is 15.7 Å². The van der Waals surface area contributed by atoms with E-state index >= 15 is 0 Å².